The van der Waals surface area contributed by atoms with Gasteiger partial charge in [-0.25, -0.2) is 19.9 Å². The van der Waals surface area contributed by atoms with E-state index in [2.05, 4.69) is 48.9 Å². The van der Waals surface area contributed by atoms with Crippen molar-refractivity contribution in [2.45, 2.75) is 19.9 Å². The monoisotopic (exact) mass is 307 g/mol. The highest BCUT2D eigenvalue weighted by Crippen LogP contribution is 2.17. The summed E-state index contributed by atoms with van der Waals surface area (Å²) in [6.45, 7) is 3.80. The molecule has 7 nitrogen and oxygen atoms in total. The highest BCUT2D eigenvalue weighted by molar-refractivity contribution is 5.81. The van der Waals surface area contributed by atoms with E-state index in [1.807, 2.05) is 12.1 Å². The fourth-order valence-corrected chi connectivity index (χ4v) is 2.86. The van der Waals surface area contributed by atoms with E-state index in [9.17, 15) is 0 Å². The lowest BCUT2D eigenvalue weighted by atomic mass is 10.3. The average molecular weight is 307 g/mol. The number of rotatable bonds is 5. The number of aromatic nitrogens is 6. The highest BCUT2D eigenvalue weighted by Gasteiger charge is 2.09. The van der Waals surface area contributed by atoms with Gasteiger partial charge in [0.15, 0.2) is 11.5 Å². The molecule has 0 atom stereocenters. The Morgan fingerprint density at radius 3 is 3.00 bits per heavy atom. The third-order valence-corrected chi connectivity index (χ3v) is 3.91. The van der Waals surface area contributed by atoms with Crippen molar-refractivity contribution >= 4 is 28.0 Å². The smallest absolute Gasteiger partial charge is 0.182 e. The maximum atomic E-state index is 4.74. The first-order chi connectivity index (χ1) is 11.4. The number of nitrogens with one attached hydrogen (secondary N) is 2. The van der Waals surface area contributed by atoms with Crippen LogP contribution in [-0.4, -0.2) is 36.0 Å². The molecule has 0 radical (unpaired) electrons. The molecule has 116 valence electrons. The summed E-state index contributed by atoms with van der Waals surface area (Å²) in [5, 5.41) is 3.34. The first kappa shape index (κ1) is 13.7. The van der Waals surface area contributed by atoms with Crippen LogP contribution in [0.15, 0.2) is 36.9 Å². The molecule has 0 saturated carbocycles. The van der Waals surface area contributed by atoms with E-state index in [4.69, 9.17) is 4.98 Å². The molecule has 3 aromatic heterocycles. The van der Waals surface area contributed by atoms with Crippen LogP contribution < -0.4 is 5.32 Å². The number of aromatic amines is 1. The minimum Gasteiger partial charge on any atom is -0.368 e. The van der Waals surface area contributed by atoms with Crippen molar-refractivity contribution < 1.29 is 0 Å². The van der Waals surface area contributed by atoms with Gasteiger partial charge >= 0.3 is 0 Å². The number of benzene rings is 1. The van der Waals surface area contributed by atoms with Crippen molar-refractivity contribution in [1.82, 2.24) is 29.5 Å². The number of nitrogens with zero attached hydrogens (tertiary/aromatic N) is 5. The zero-order valence-corrected chi connectivity index (χ0v) is 12.8. The van der Waals surface area contributed by atoms with Crippen molar-refractivity contribution in [3.8, 4) is 0 Å². The van der Waals surface area contributed by atoms with Gasteiger partial charge in [-0.05, 0) is 19.1 Å². The zero-order valence-electron chi connectivity index (χ0n) is 12.8. The van der Waals surface area contributed by atoms with E-state index in [0.717, 1.165) is 42.2 Å². The van der Waals surface area contributed by atoms with E-state index in [1.54, 1.807) is 6.33 Å². The maximum Gasteiger partial charge on any atom is 0.182 e. The summed E-state index contributed by atoms with van der Waals surface area (Å²) in [4.78, 5) is 20.3. The molecule has 0 aliphatic heterocycles. The molecule has 0 saturated heterocycles. The fourth-order valence-electron chi connectivity index (χ4n) is 2.86. The Morgan fingerprint density at radius 2 is 2.09 bits per heavy atom. The Bertz CT molecular complexity index is 953. The number of para-hydroxylation sites is 2. The molecule has 23 heavy (non-hydrogen) atoms. The van der Waals surface area contributed by atoms with Gasteiger partial charge in [-0.15, -0.1) is 0 Å². The number of anilines is 1. The summed E-state index contributed by atoms with van der Waals surface area (Å²) in [6, 6.07) is 8.24. The Hall–Kier alpha value is -2.96. The Labute approximate surface area is 132 Å². The summed E-state index contributed by atoms with van der Waals surface area (Å²) in [6.07, 6.45) is 3.97. The number of H-pyrrole nitrogens is 1. The number of hydrogen-bond acceptors (Lipinski definition) is 5. The summed E-state index contributed by atoms with van der Waals surface area (Å²) in [5.41, 5.74) is 3.73. The van der Waals surface area contributed by atoms with E-state index in [0.29, 0.717) is 5.65 Å². The van der Waals surface area contributed by atoms with Gasteiger partial charge in [0.25, 0.3) is 0 Å². The van der Waals surface area contributed by atoms with Gasteiger partial charge in [0.1, 0.15) is 17.7 Å². The molecule has 3 heterocycles. The van der Waals surface area contributed by atoms with E-state index >= 15 is 0 Å². The normalized spacial score (nSPS) is 11.3. The first-order valence-electron chi connectivity index (χ1n) is 7.69. The van der Waals surface area contributed by atoms with Gasteiger partial charge in [0.2, 0.25) is 0 Å². The predicted molar refractivity (Wildman–Crippen MR) is 89.3 cm³/mol. The van der Waals surface area contributed by atoms with Crippen LogP contribution in [0.25, 0.3) is 22.2 Å². The molecule has 4 rings (SSSR count). The zero-order chi connectivity index (χ0) is 15.6. The average Bonchev–Trinajstić information content (AvgIpc) is 3.19. The molecular weight excluding hydrogens is 290 g/mol. The molecule has 0 spiro atoms. The summed E-state index contributed by atoms with van der Waals surface area (Å²) in [7, 11) is 0. The van der Waals surface area contributed by atoms with E-state index in [-0.39, 0.29) is 0 Å². The van der Waals surface area contributed by atoms with E-state index < -0.39 is 0 Å². The second-order valence-corrected chi connectivity index (χ2v) is 5.26. The molecule has 0 aliphatic rings. The third-order valence-electron chi connectivity index (χ3n) is 3.91. The Kier molecular flexibility index (Phi) is 3.38. The van der Waals surface area contributed by atoms with Gasteiger partial charge < -0.3 is 14.9 Å². The van der Waals surface area contributed by atoms with Crippen molar-refractivity contribution in [2.75, 3.05) is 11.9 Å². The van der Waals surface area contributed by atoms with Crippen LogP contribution >= 0.6 is 0 Å². The lowest BCUT2D eigenvalue weighted by Gasteiger charge is -2.08. The highest BCUT2D eigenvalue weighted by atomic mass is 15.1. The second kappa shape index (κ2) is 5.68. The minimum absolute atomic E-state index is 0.670. The van der Waals surface area contributed by atoms with Gasteiger partial charge in [-0.1, -0.05) is 12.1 Å². The van der Waals surface area contributed by atoms with Crippen molar-refractivity contribution in [1.29, 1.82) is 0 Å². The van der Waals surface area contributed by atoms with Crippen molar-refractivity contribution in [3.63, 3.8) is 0 Å². The summed E-state index contributed by atoms with van der Waals surface area (Å²) >= 11 is 0. The van der Waals surface area contributed by atoms with Crippen LogP contribution in [-0.2, 0) is 13.0 Å². The van der Waals surface area contributed by atoms with Gasteiger partial charge in [0, 0.05) is 19.5 Å². The molecule has 0 unspecified atom stereocenters. The van der Waals surface area contributed by atoms with Crippen LogP contribution in [0.4, 0.5) is 5.82 Å². The third kappa shape index (κ3) is 2.40. The Morgan fingerprint density at radius 1 is 1.17 bits per heavy atom. The predicted octanol–water partition coefficient (Wildman–Crippen LogP) is 2.38. The molecule has 2 N–H and O–H groups in total. The molecule has 0 fully saturated rings. The SMILES string of the molecule is CCn1c(CCNc2ncnc3nc[nH]c23)nc2ccccc21. The van der Waals surface area contributed by atoms with Crippen LogP contribution in [0.2, 0.25) is 0 Å². The maximum absolute atomic E-state index is 4.74. The Balaban J connectivity index is 1.54. The van der Waals surface area contributed by atoms with E-state index in [1.165, 1.54) is 11.8 Å². The second-order valence-electron chi connectivity index (χ2n) is 5.26. The van der Waals surface area contributed by atoms with Crippen LogP contribution in [0.1, 0.15) is 12.7 Å². The van der Waals surface area contributed by atoms with Crippen molar-refractivity contribution in [2.24, 2.45) is 0 Å². The quantitative estimate of drug-likeness (QED) is 0.591. The fraction of sp³-hybridized carbons (Fsp3) is 0.250. The van der Waals surface area contributed by atoms with Gasteiger partial charge in [-0.3, -0.25) is 0 Å². The lowest BCUT2D eigenvalue weighted by molar-refractivity contribution is 0.717. The molecule has 0 amide bonds. The van der Waals surface area contributed by atoms with Crippen LogP contribution in [0.5, 0.6) is 0 Å². The molecule has 4 aromatic rings. The van der Waals surface area contributed by atoms with Crippen molar-refractivity contribution in [3.05, 3.63) is 42.7 Å². The van der Waals surface area contributed by atoms with Crippen LogP contribution in [0.3, 0.4) is 0 Å². The van der Waals surface area contributed by atoms with Gasteiger partial charge in [-0.2, -0.15) is 0 Å². The number of aryl methyl sites for hydroxylation is 1. The van der Waals surface area contributed by atoms with Gasteiger partial charge in [0.05, 0.1) is 17.4 Å². The largest absolute Gasteiger partial charge is 0.368 e. The van der Waals surface area contributed by atoms with Crippen LogP contribution in [0, 0.1) is 0 Å². The number of imidazole rings is 2. The standard InChI is InChI=1S/C16H17N7/c1-2-23-12-6-4-3-5-11(12)22-13(23)7-8-17-15-14-16(19-9-18-14)21-10-20-15/h3-6,9-10H,2,7-8H2,1H3,(H2,17,18,19,20,21). The molecule has 0 bridgehead atoms. The lowest BCUT2D eigenvalue weighted by Crippen LogP contribution is -2.11. The molecular formula is C16H17N7. The first-order valence-corrected chi connectivity index (χ1v) is 7.69. The topological polar surface area (TPSA) is 84.3 Å². The summed E-state index contributed by atoms with van der Waals surface area (Å²) in [5.74, 6) is 1.85. The molecule has 0 aliphatic carbocycles. The molecule has 7 heteroatoms. The molecule has 1 aromatic carbocycles. The minimum atomic E-state index is 0.670. The number of hydrogen-bond donors (Lipinski definition) is 2. The number of fused-ring (bicyclic) bond motifs is 2. The summed E-state index contributed by atoms with van der Waals surface area (Å²) < 4.78 is 2.25.